The van der Waals surface area contributed by atoms with E-state index in [1.54, 1.807) is 6.26 Å². The summed E-state index contributed by atoms with van der Waals surface area (Å²) in [6.07, 6.45) is 1.62. The van der Waals surface area contributed by atoms with Crippen LogP contribution in [0.5, 0.6) is 0 Å². The Morgan fingerprint density at radius 3 is 2.50 bits per heavy atom. The zero-order chi connectivity index (χ0) is 8.15. The number of hydrogen-bond acceptors (Lipinski definition) is 2. The van der Waals surface area contributed by atoms with E-state index in [-0.39, 0.29) is 11.9 Å². The second kappa shape index (κ2) is 4.44. The molecular formula is C6H13NO2S. The summed E-state index contributed by atoms with van der Waals surface area (Å²) in [6.45, 7) is 3.29. The van der Waals surface area contributed by atoms with E-state index in [2.05, 4.69) is 5.32 Å². The monoisotopic (exact) mass is 163 g/mol. The molecule has 0 aromatic carbocycles. The van der Waals surface area contributed by atoms with Gasteiger partial charge in [0, 0.05) is 35.8 Å². The van der Waals surface area contributed by atoms with Crippen LogP contribution >= 0.6 is 0 Å². The Morgan fingerprint density at radius 2 is 2.20 bits per heavy atom. The van der Waals surface area contributed by atoms with Gasteiger partial charge in [-0.1, -0.05) is 0 Å². The molecule has 4 heteroatoms. The topological polar surface area (TPSA) is 46.2 Å². The van der Waals surface area contributed by atoms with Crippen LogP contribution in [0, 0.1) is 0 Å². The van der Waals surface area contributed by atoms with Gasteiger partial charge in [0.2, 0.25) is 5.91 Å². The van der Waals surface area contributed by atoms with E-state index in [4.69, 9.17) is 0 Å². The summed E-state index contributed by atoms with van der Waals surface area (Å²) in [7, 11) is -0.827. The summed E-state index contributed by atoms with van der Waals surface area (Å²) >= 11 is 0. The van der Waals surface area contributed by atoms with Gasteiger partial charge >= 0.3 is 0 Å². The quantitative estimate of drug-likeness (QED) is 0.631. The fraction of sp³-hybridized carbons (Fsp3) is 0.833. The molecule has 1 N–H and O–H groups in total. The summed E-state index contributed by atoms with van der Waals surface area (Å²) in [5, 5.41) is 2.64. The lowest BCUT2D eigenvalue weighted by atomic mass is 10.4. The molecule has 0 aromatic rings. The minimum absolute atomic E-state index is 0.0170. The third-order valence-electron chi connectivity index (χ3n) is 0.934. The second-order valence-corrected chi connectivity index (χ2v) is 3.82. The molecule has 0 aromatic heterocycles. The first-order valence-electron chi connectivity index (χ1n) is 3.09. The maximum Gasteiger partial charge on any atom is 0.217 e. The Bertz CT molecular complexity index is 131. The zero-order valence-electron chi connectivity index (χ0n) is 6.51. The zero-order valence-corrected chi connectivity index (χ0v) is 7.33. The van der Waals surface area contributed by atoms with E-state index in [0.717, 1.165) is 0 Å². The standard InChI is InChI=1S/C6H13NO2S/c1-5(4-10(3)9)7-6(2)8/h5H,4H2,1-3H3,(H,7,8). The summed E-state index contributed by atoms with van der Waals surface area (Å²) in [6, 6.07) is 0.0170. The number of carbonyl (C=O) groups is 1. The SMILES string of the molecule is CC(=O)NC(C)CS(C)=O. The van der Waals surface area contributed by atoms with Crippen LogP contribution in [0.4, 0.5) is 0 Å². The lowest BCUT2D eigenvalue weighted by Gasteiger charge is -2.09. The Hall–Kier alpha value is -0.380. The molecule has 0 rings (SSSR count). The Balaban J connectivity index is 3.53. The maximum atomic E-state index is 10.6. The van der Waals surface area contributed by atoms with Crippen molar-refractivity contribution < 1.29 is 9.00 Å². The molecule has 0 saturated carbocycles. The van der Waals surface area contributed by atoms with Crippen LogP contribution in [0.2, 0.25) is 0 Å². The van der Waals surface area contributed by atoms with Gasteiger partial charge in [0.15, 0.2) is 0 Å². The summed E-state index contributed by atoms with van der Waals surface area (Å²) in [5.41, 5.74) is 0. The van der Waals surface area contributed by atoms with E-state index in [9.17, 15) is 9.00 Å². The van der Waals surface area contributed by atoms with E-state index >= 15 is 0 Å². The molecule has 0 fully saturated rings. The summed E-state index contributed by atoms with van der Waals surface area (Å²) < 4.78 is 10.6. The van der Waals surface area contributed by atoms with Gasteiger partial charge in [-0.3, -0.25) is 9.00 Å². The molecule has 0 aliphatic rings. The van der Waals surface area contributed by atoms with Crippen LogP contribution < -0.4 is 5.32 Å². The number of nitrogens with one attached hydrogen (secondary N) is 1. The Labute approximate surface area is 63.6 Å². The Morgan fingerprint density at radius 1 is 1.70 bits per heavy atom. The smallest absolute Gasteiger partial charge is 0.217 e. The molecule has 10 heavy (non-hydrogen) atoms. The largest absolute Gasteiger partial charge is 0.353 e. The van der Waals surface area contributed by atoms with Crippen LogP contribution in [-0.4, -0.2) is 28.2 Å². The van der Waals surface area contributed by atoms with E-state index < -0.39 is 10.8 Å². The van der Waals surface area contributed by atoms with E-state index in [0.29, 0.717) is 5.75 Å². The van der Waals surface area contributed by atoms with Gasteiger partial charge < -0.3 is 5.32 Å². The highest BCUT2D eigenvalue weighted by Gasteiger charge is 2.03. The lowest BCUT2D eigenvalue weighted by molar-refractivity contribution is -0.119. The second-order valence-electron chi connectivity index (χ2n) is 2.34. The van der Waals surface area contributed by atoms with Gasteiger partial charge in [0.25, 0.3) is 0 Å². The van der Waals surface area contributed by atoms with Gasteiger partial charge in [-0.2, -0.15) is 0 Å². The first kappa shape index (κ1) is 9.62. The molecule has 0 spiro atoms. The van der Waals surface area contributed by atoms with Crippen molar-refractivity contribution in [2.75, 3.05) is 12.0 Å². The third-order valence-corrected chi connectivity index (χ3v) is 1.90. The highest BCUT2D eigenvalue weighted by atomic mass is 32.2. The molecule has 0 aliphatic heterocycles. The van der Waals surface area contributed by atoms with Crippen LogP contribution in [0.3, 0.4) is 0 Å². The molecule has 60 valence electrons. The molecular weight excluding hydrogens is 150 g/mol. The Kier molecular flexibility index (Phi) is 4.27. The predicted octanol–water partition coefficient (Wildman–Crippen LogP) is -0.111. The van der Waals surface area contributed by atoms with Crippen molar-refractivity contribution in [3.05, 3.63) is 0 Å². The molecule has 1 amide bonds. The lowest BCUT2D eigenvalue weighted by Crippen LogP contribution is -2.34. The maximum absolute atomic E-state index is 10.6. The van der Waals surface area contributed by atoms with Gasteiger partial charge in [-0.05, 0) is 6.92 Å². The highest BCUT2D eigenvalue weighted by Crippen LogP contribution is 1.84. The van der Waals surface area contributed by atoms with Gasteiger partial charge in [0.05, 0.1) is 0 Å². The number of carbonyl (C=O) groups excluding carboxylic acids is 1. The van der Waals surface area contributed by atoms with Crippen LogP contribution in [-0.2, 0) is 15.6 Å². The fourth-order valence-corrected chi connectivity index (χ4v) is 1.53. The van der Waals surface area contributed by atoms with Crippen molar-refractivity contribution in [2.45, 2.75) is 19.9 Å². The predicted molar refractivity (Wildman–Crippen MR) is 42.2 cm³/mol. The number of amides is 1. The van der Waals surface area contributed by atoms with Crippen LogP contribution in [0.15, 0.2) is 0 Å². The van der Waals surface area contributed by atoms with E-state index in [1.807, 2.05) is 6.92 Å². The van der Waals surface area contributed by atoms with Gasteiger partial charge in [-0.15, -0.1) is 0 Å². The minimum atomic E-state index is -0.827. The number of hydrogen-bond donors (Lipinski definition) is 1. The molecule has 0 bridgehead atoms. The molecule has 0 radical (unpaired) electrons. The molecule has 0 heterocycles. The van der Waals surface area contributed by atoms with Crippen molar-refractivity contribution in [3.8, 4) is 0 Å². The van der Waals surface area contributed by atoms with Crippen molar-refractivity contribution in [3.63, 3.8) is 0 Å². The fourth-order valence-electron chi connectivity index (χ4n) is 0.741. The minimum Gasteiger partial charge on any atom is -0.353 e. The van der Waals surface area contributed by atoms with Crippen molar-refractivity contribution in [2.24, 2.45) is 0 Å². The van der Waals surface area contributed by atoms with Crippen molar-refractivity contribution in [1.29, 1.82) is 0 Å². The van der Waals surface area contributed by atoms with Crippen LogP contribution in [0.25, 0.3) is 0 Å². The van der Waals surface area contributed by atoms with Crippen molar-refractivity contribution >= 4 is 16.7 Å². The molecule has 0 aliphatic carbocycles. The average molecular weight is 163 g/mol. The van der Waals surface area contributed by atoms with Gasteiger partial charge in [-0.25, -0.2) is 0 Å². The van der Waals surface area contributed by atoms with Crippen molar-refractivity contribution in [1.82, 2.24) is 5.32 Å². The first-order valence-corrected chi connectivity index (χ1v) is 4.82. The third kappa shape index (κ3) is 5.75. The van der Waals surface area contributed by atoms with E-state index in [1.165, 1.54) is 6.92 Å². The van der Waals surface area contributed by atoms with Gasteiger partial charge in [0.1, 0.15) is 0 Å². The molecule has 2 unspecified atom stereocenters. The molecule has 0 saturated heterocycles. The summed E-state index contributed by atoms with van der Waals surface area (Å²) in [4.78, 5) is 10.4. The number of rotatable bonds is 3. The average Bonchev–Trinajstić information content (AvgIpc) is 1.58. The molecule has 3 nitrogen and oxygen atoms in total. The molecule has 2 atom stereocenters. The van der Waals surface area contributed by atoms with Crippen LogP contribution in [0.1, 0.15) is 13.8 Å². The first-order chi connectivity index (χ1) is 4.52. The summed E-state index contributed by atoms with van der Waals surface area (Å²) in [5.74, 6) is 0.456. The highest BCUT2D eigenvalue weighted by molar-refractivity contribution is 7.84. The normalized spacial score (nSPS) is 15.9.